The molecule has 6 nitrogen and oxygen atoms in total. The van der Waals surface area contributed by atoms with Crippen molar-refractivity contribution in [2.75, 3.05) is 26.7 Å². The smallest absolute Gasteiger partial charge is 0.341 e. The second-order valence-electron chi connectivity index (χ2n) is 7.30. The lowest BCUT2D eigenvalue weighted by atomic mass is 9.86. The second-order valence-corrected chi connectivity index (χ2v) is 7.30. The molecule has 1 aliphatic heterocycles. The number of carboxylic acids is 1. The molecule has 3 rings (SSSR count). The van der Waals surface area contributed by atoms with Gasteiger partial charge in [-0.3, -0.25) is 4.79 Å². The minimum absolute atomic E-state index is 0.0428. The fourth-order valence-corrected chi connectivity index (χ4v) is 3.49. The van der Waals surface area contributed by atoms with Gasteiger partial charge in [-0.05, 0) is 55.4 Å². The monoisotopic (exact) mass is 395 g/mol. The number of benzene rings is 2. The Morgan fingerprint density at radius 3 is 2.66 bits per heavy atom. The lowest BCUT2D eigenvalue weighted by Crippen LogP contribution is -2.40. The first-order valence-corrected chi connectivity index (χ1v) is 9.56. The predicted molar refractivity (Wildman–Crippen MR) is 110 cm³/mol. The van der Waals surface area contributed by atoms with E-state index in [9.17, 15) is 14.7 Å². The van der Waals surface area contributed by atoms with Gasteiger partial charge in [-0.15, -0.1) is 0 Å². The van der Waals surface area contributed by atoms with E-state index < -0.39 is 18.7 Å². The summed E-state index contributed by atoms with van der Waals surface area (Å²) in [5.74, 6) is -0.642. The molecular formula is C23H25NO5. The quantitative estimate of drug-likeness (QED) is 0.554. The molecule has 1 fully saturated rings. The number of carbonyl (C=O) groups is 2. The maximum Gasteiger partial charge on any atom is 0.341 e. The zero-order valence-corrected chi connectivity index (χ0v) is 16.3. The normalized spacial score (nSPS) is 19.9. The molecule has 1 saturated heterocycles. The van der Waals surface area contributed by atoms with Crippen LogP contribution < -0.4 is 4.74 Å². The Bertz CT molecular complexity index is 890. The van der Waals surface area contributed by atoms with Gasteiger partial charge in [0.2, 0.25) is 0 Å². The molecule has 6 heteroatoms. The van der Waals surface area contributed by atoms with Crippen molar-refractivity contribution in [3.05, 3.63) is 71.3 Å². The summed E-state index contributed by atoms with van der Waals surface area (Å²) in [6.07, 6.45) is 3.65. The van der Waals surface area contributed by atoms with Crippen molar-refractivity contribution in [3.63, 3.8) is 0 Å². The number of piperidine rings is 1. The van der Waals surface area contributed by atoms with Gasteiger partial charge in [0.05, 0.1) is 6.10 Å². The number of aliphatic carboxylic acids is 1. The van der Waals surface area contributed by atoms with Crippen molar-refractivity contribution in [3.8, 4) is 5.75 Å². The fourth-order valence-electron chi connectivity index (χ4n) is 3.49. The number of β-amino-alcohol motifs (C(OH)–C–C–N with tert-alkyl or cyclic N) is 1. The highest BCUT2D eigenvalue weighted by molar-refractivity contribution is 6.06. The van der Waals surface area contributed by atoms with Crippen LogP contribution in [0.5, 0.6) is 5.75 Å². The van der Waals surface area contributed by atoms with Crippen molar-refractivity contribution in [1.29, 1.82) is 0 Å². The van der Waals surface area contributed by atoms with E-state index in [0.29, 0.717) is 17.9 Å². The molecule has 2 unspecified atom stereocenters. The first-order valence-electron chi connectivity index (χ1n) is 9.56. The van der Waals surface area contributed by atoms with Crippen LogP contribution >= 0.6 is 0 Å². The number of ketones is 1. The van der Waals surface area contributed by atoms with Crippen LogP contribution in [0.25, 0.3) is 6.08 Å². The summed E-state index contributed by atoms with van der Waals surface area (Å²) in [7, 11) is 2.00. The molecular weight excluding hydrogens is 370 g/mol. The van der Waals surface area contributed by atoms with E-state index in [1.807, 2.05) is 25.2 Å². The highest BCUT2D eigenvalue weighted by Crippen LogP contribution is 2.28. The first kappa shape index (κ1) is 20.8. The standard InChI is InChI=1S/C23H25NO5/c1-24-12-11-20(22(26)14-24)17-3-2-4-18(13-17)21(25)10-7-16-5-8-19(9-6-16)29-15-23(27)28/h2-10,13,20,22,26H,11-12,14-15H2,1H3,(H,27,28)/b10-7+. The van der Waals surface area contributed by atoms with Crippen LogP contribution in [-0.2, 0) is 4.79 Å². The molecule has 29 heavy (non-hydrogen) atoms. The van der Waals surface area contributed by atoms with E-state index in [1.54, 1.807) is 36.4 Å². The number of nitrogens with zero attached hydrogens (tertiary/aromatic N) is 1. The van der Waals surface area contributed by atoms with Crippen LogP contribution in [-0.4, -0.2) is 59.7 Å². The van der Waals surface area contributed by atoms with Gasteiger partial charge in [0.1, 0.15) is 5.75 Å². The van der Waals surface area contributed by atoms with Crippen molar-refractivity contribution in [1.82, 2.24) is 4.90 Å². The van der Waals surface area contributed by atoms with Crippen molar-refractivity contribution in [2.24, 2.45) is 0 Å². The summed E-state index contributed by atoms with van der Waals surface area (Å²) < 4.78 is 5.09. The topological polar surface area (TPSA) is 87.1 Å². The molecule has 0 spiro atoms. The van der Waals surface area contributed by atoms with E-state index >= 15 is 0 Å². The Kier molecular flexibility index (Phi) is 6.80. The number of carbonyl (C=O) groups excluding carboxylic acids is 1. The third-order valence-electron chi connectivity index (χ3n) is 5.05. The number of hydrogen-bond acceptors (Lipinski definition) is 5. The fraction of sp³-hybridized carbons (Fsp3) is 0.304. The lowest BCUT2D eigenvalue weighted by Gasteiger charge is -2.34. The molecule has 0 aliphatic carbocycles. The molecule has 0 saturated carbocycles. The molecule has 2 aromatic rings. The largest absolute Gasteiger partial charge is 0.482 e. The van der Waals surface area contributed by atoms with Crippen molar-refractivity contribution in [2.45, 2.75) is 18.4 Å². The average Bonchev–Trinajstić information content (AvgIpc) is 2.71. The molecule has 1 heterocycles. The molecule has 0 radical (unpaired) electrons. The second kappa shape index (κ2) is 9.49. The van der Waals surface area contributed by atoms with Gasteiger partial charge in [0.25, 0.3) is 0 Å². The third kappa shape index (κ3) is 5.76. The molecule has 152 valence electrons. The number of likely N-dealkylation sites (tertiary alicyclic amines) is 1. The summed E-state index contributed by atoms with van der Waals surface area (Å²) in [4.78, 5) is 25.2. The van der Waals surface area contributed by atoms with Gasteiger partial charge in [0.15, 0.2) is 12.4 Å². The van der Waals surface area contributed by atoms with Crippen LogP contribution in [0, 0.1) is 0 Å². The summed E-state index contributed by atoms with van der Waals surface area (Å²) in [6, 6.07) is 14.3. The SMILES string of the molecule is CN1CCC(c2cccc(C(=O)/C=C/c3ccc(OCC(=O)O)cc3)c2)C(O)C1. The number of allylic oxidation sites excluding steroid dienone is 1. The molecule has 2 N–H and O–H groups in total. The number of rotatable bonds is 7. The first-order chi connectivity index (χ1) is 13.9. The summed E-state index contributed by atoms with van der Waals surface area (Å²) in [5.41, 5.74) is 2.39. The molecule has 0 aromatic heterocycles. The average molecular weight is 395 g/mol. The van der Waals surface area contributed by atoms with Crippen LogP contribution in [0.15, 0.2) is 54.6 Å². The van der Waals surface area contributed by atoms with Crippen LogP contribution in [0.4, 0.5) is 0 Å². The molecule has 1 aliphatic rings. The summed E-state index contributed by atoms with van der Waals surface area (Å²) >= 11 is 0. The minimum atomic E-state index is -1.03. The number of hydrogen-bond donors (Lipinski definition) is 2. The maximum absolute atomic E-state index is 12.6. The van der Waals surface area contributed by atoms with Gasteiger partial charge in [-0.25, -0.2) is 4.79 Å². The third-order valence-corrected chi connectivity index (χ3v) is 5.05. The summed E-state index contributed by atoms with van der Waals surface area (Å²) in [5, 5.41) is 19.0. The van der Waals surface area contributed by atoms with E-state index in [1.165, 1.54) is 6.08 Å². The Morgan fingerprint density at radius 1 is 1.21 bits per heavy atom. The van der Waals surface area contributed by atoms with Gasteiger partial charge in [-0.1, -0.05) is 36.4 Å². The van der Waals surface area contributed by atoms with E-state index in [4.69, 9.17) is 9.84 Å². The van der Waals surface area contributed by atoms with Crippen LogP contribution in [0.2, 0.25) is 0 Å². The molecule has 0 amide bonds. The number of carboxylic acid groups (broad SMARTS) is 1. The van der Waals surface area contributed by atoms with Gasteiger partial charge in [-0.2, -0.15) is 0 Å². The van der Waals surface area contributed by atoms with Crippen LogP contribution in [0.1, 0.15) is 33.8 Å². The molecule has 0 bridgehead atoms. The Balaban J connectivity index is 1.65. The van der Waals surface area contributed by atoms with E-state index in [0.717, 1.165) is 24.1 Å². The molecule has 2 aromatic carbocycles. The van der Waals surface area contributed by atoms with Gasteiger partial charge < -0.3 is 19.8 Å². The van der Waals surface area contributed by atoms with Crippen molar-refractivity contribution < 1.29 is 24.5 Å². The molecule has 2 atom stereocenters. The highest BCUT2D eigenvalue weighted by atomic mass is 16.5. The predicted octanol–water partition coefficient (Wildman–Crippen LogP) is 2.83. The number of aliphatic hydroxyl groups is 1. The maximum atomic E-state index is 12.6. The Morgan fingerprint density at radius 2 is 1.97 bits per heavy atom. The zero-order valence-electron chi connectivity index (χ0n) is 16.3. The van der Waals surface area contributed by atoms with Gasteiger partial charge in [0, 0.05) is 18.0 Å². The van der Waals surface area contributed by atoms with Gasteiger partial charge >= 0.3 is 5.97 Å². The van der Waals surface area contributed by atoms with Crippen molar-refractivity contribution >= 4 is 17.8 Å². The van der Waals surface area contributed by atoms with Crippen LogP contribution in [0.3, 0.4) is 0 Å². The number of aliphatic hydroxyl groups excluding tert-OH is 1. The number of likely N-dealkylation sites (N-methyl/N-ethyl adjacent to an activating group) is 1. The van der Waals surface area contributed by atoms with E-state index in [-0.39, 0.29) is 11.7 Å². The Hall–Kier alpha value is -2.96. The lowest BCUT2D eigenvalue weighted by molar-refractivity contribution is -0.139. The minimum Gasteiger partial charge on any atom is -0.482 e. The summed E-state index contributed by atoms with van der Waals surface area (Å²) in [6.45, 7) is 1.16. The Labute approximate surface area is 170 Å². The van der Waals surface area contributed by atoms with E-state index in [2.05, 4.69) is 4.90 Å². The highest BCUT2D eigenvalue weighted by Gasteiger charge is 2.27. The zero-order chi connectivity index (χ0) is 20.8. The number of ether oxygens (including phenoxy) is 1.